The molecule has 0 amide bonds. The van der Waals surface area contributed by atoms with Crippen molar-refractivity contribution in [1.29, 1.82) is 0 Å². The van der Waals surface area contributed by atoms with Crippen LogP contribution in [0.25, 0.3) is 11.3 Å². The minimum Gasteiger partial charge on any atom is -0.275 e. The molecule has 0 N–H and O–H groups in total. The summed E-state index contributed by atoms with van der Waals surface area (Å²) in [5.41, 5.74) is 1.84. The summed E-state index contributed by atoms with van der Waals surface area (Å²) < 4.78 is 1.75. The monoisotopic (exact) mass is 158 g/mol. The fourth-order valence-corrected chi connectivity index (χ4v) is 1.03. The minimum absolute atomic E-state index is 0.839. The zero-order valence-electron chi connectivity index (χ0n) is 6.73. The van der Waals surface area contributed by atoms with E-state index in [4.69, 9.17) is 0 Å². The average molecular weight is 158 g/mol. The van der Waals surface area contributed by atoms with Gasteiger partial charge in [0.2, 0.25) is 0 Å². The summed E-state index contributed by atoms with van der Waals surface area (Å²) >= 11 is 0. The number of pyridine rings is 1. The van der Waals surface area contributed by atoms with Crippen molar-refractivity contribution in [2.24, 2.45) is 7.05 Å². The summed E-state index contributed by atoms with van der Waals surface area (Å²) in [6.45, 7) is 0. The highest BCUT2D eigenvalue weighted by molar-refractivity contribution is 5.55. The first-order valence-corrected chi connectivity index (χ1v) is 3.68. The molecule has 0 aliphatic carbocycles. The zero-order chi connectivity index (χ0) is 8.39. The van der Waals surface area contributed by atoms with E-state index in [0.717, 1.165) is 11.3 Å². The summed E-state index contributed by atoms with van der Waals surface area (Å²) in [5.74, 6) is 0. The Labute approximate surface area is 70.7 Å². The van der Waals surface area contributed by atoms with Crippen LogP contribution < -0.4 is 0 Å². The molecule has 3 heteroatoms. The molecule has 0 aliphatic heterocycles. The Kier molecular flexibility index (Phi) is 1.63. The molecule has 0 atom stereocenters. The van der Waals surface area contributed by atoms with Crippen LogP contribution in [0.15, 0.2) is 30.7 Å². The lowest BCUT2D eigenvalue weighted by Crippen LogP contribution is -1.84. The number of hydrogen-bond donors (Lipinski definition) is 0. The molecule has 3 nitrogen and oxygen atoms in total. The van der Waals surface area contributed by atoms with Gasteiger partial charge in [-0.05, 0) is 6.07 Å². The van der Waals surface area contributed by atoms with Crippen molar-refractivity contribution >= 4 is 0 Å². The molecule has 0 aromatic carbocycles. The van der Waals surface area contributed by atoms with Gasteiger partial charge in [0.25, 0.3) is 0 Å². The highest BCUT2D eigenvalue weighted by Crippen LogP contribution is 2.12. The van der Waals surface area contributed by atoms with Crippen LogP contribution in [0.2, 0.25) is 0 Å². The van der Waals surface area contributed by atoms with Crippen LogP contribution in [0.5, 0.6) is 0 Å². The summed E-state index contributed by atoms with van der Waals surface area (Å²) in [5, 5.41) is 4.05. The van der Waals surface area contributed by atoms with Crippen LogP contribution in [-0.2, 0) is 7.05 Å². The summed E-state index contributed by atoms with van der Waals surface area (Å²) in [4.78, 5) is 4.15. The standard InChI is InChI=1S/C9H8N3/c1-12-7-8(6-11-12)9-4-2-3-5-10-9/h2-3,5-7H,1H3. The van der Waals surface area contributed by atoms with Gasteiger partial charge < -0.3 is 0 Å². The third kappa shape index (κ3) is 1.21. The molecule has 2 heterocycles. The van der Waals surface area contributed by atoms with Gasteiger partial charge in [-0.3, -0.25) is 9.67 Å². The van der Waals surface area contributed by atoms with Crippen molar-refractivity contribution in [2.75, 3.05) is 0 Å². The fourth-order valence-electron chi connectivity index (χ4n) is 1.03. The summed E-state index contributed by atoms with van der Waals surface area (Å²) in [6, 6.07) is 6.72. The van der Waals surface area contributed by atoms with Crippen molar-refractivity contribution in [2.45, 2.75) is 0 Å². The maximum atomic E-state index is 4.15. The van der Waals surface area contributed by atoms with Gasteiger partial charge in [-0.15, -0.1) is 0 Å². The van der Waals surface area contributed by atoms with Crippen LogP contribution >= 0.6 is 0 Å². The van der Waals surface area contributed by atoms with E-state index >= 15 is 0 Å². The minimum atomic E-state index is 0.839. The van der Waals surface area contributed by atoms with E-state index < -0.39 is 0 Å². The third-order valence-corrected chi connectivity index (χ3v) is 1.58. The van der Waals surface area contributed by atoms with Gasteiger partial charge in [0, 0.05) is 31.1 Å². The lowest BCUT2D eigenvalue weighted by molar-refractivity contribution is 0.768. The van der Waals surface area contributed by atoms with Crippen molar-refractivity contribution in [3.05, 3.63) is 36.8 Å². The molecule has 12 heavy (non-hydrogen) atoms. The van der Waals surface area contributed by atoms with E-state index in [-0.39, 0.29) is 0 Å². The number of nitrogens with zero attached hydrogens (tertiary/aromatic N) is 3. The molecular weight excluding hydrogens is 150 g/mol. The van der Waals surface area contributed by atoms with Gasteiger partial charge in [-0.25, -0.2) is 0 Å². The van der Waals surface area contributed by atoms with Gasteiger partial charge in [-0.1, -0.05) is 6.07 Å². The first-order valence-electron chi connectivity index (χ1n) is 3.68. The van der Waals surface area contributed by atoms with E-state index in [2.05, 4.69) is 16.1 Å². The Morgan fingerprint density at radius 2 is 2.42 bits per heavy atom. The van der Waals surface area contributed by atoms with Crippen LogP contribution in [0.4, 0.5) is 0 Å². The van der Waals surface area contributed by atoms with Crippen molar-refractivity contribution in [3.63, 3.8) is 0 Å². The largest absolute Gasteiger partial charge is 0.275 e. The van der Waals surface area contributed by atoms with E-state index in [1.165, 1.54) is 0 Å². The van der Waals surface area contributed by atoms with Crippen molar-refractivity contribution < 1.29 is 0 Å². The van der Waals surface area contributed by atoms with E-state index in [0.29, 0.717) is 0 Å². The van der Waals surface area contributed by atoms with Crippen LogP contribution in [0, 0.1) is 6.07 Å². The summed E-state index contributed by atoms with van der Waals surface area (Å²) in [7, 11) is 1.88. The van der Waals surface area contributed by atoms with Gasteiger partial charge in [0.15, 0.2) is 0 Å². The number of aryl methyl sites for hydroxylation is 1. The predicted octanol–water partition coefficient (Wildman–Crippen LogP) is 1.28. The lowest BCUT2D eigenvalue weighted by atomic mass is 10.2. The van der Waals surface area contributed by atoms with E-state index in [1.54, 1.807) is 17.1 Å². The predicted molar refractivity (Wildman–Crippen MR) is 45.3 cm³/mol. The van der Waals surface area contributed by atoms with Gasteiger partial charge in [-0.2, -0.15) is 5.10 Å². The van der Waals surface area contributed by atoms with E-state index in [9.17, 15) is 0 Å². The molecular formula is C9H8N3. The molecule has 0 fully saturated rings. The quantitative estimate of drug-likeness (QED) is 0.626. The second-order valence-electron chi connectivity index (χ2n) is 2.53. The van der Waals surface area contributed by atoms with Gasteiger partial charge in [0.1, 0.15) is 0 Å². The molecule has 2 rings (SSSR count). The Morgan fingerprint density at radius 3 is 3.00 bits per heavy atom. The number of rotatable bonds is 1. The molecule has 59 valence electrons. The number of hydrogen-bond acceptors (Lipinski definition) is 2. The maximum Gasteiger partial charge on any atom is 0.0812 e. The zero-order valence-corrected chi connectivity index (χ0v) is 6.73. The molecule has 0 unspecified atom stereocenters. The highest BCUT2D eigenvalue weighted by Gasteiger charge is 1.99. The maximum absolute atomic E-state index is 4.15. The third-order valence-electron chi connectivity index (χ3n) is 1.58. The molecule has 2 aromatic rings. The Hall–Kier alpha value is -1.64. The average Bonchev–Trinajstić information content (AvgIpc) is 2.54. The molecule has 2 aromatic heterocycles. The number of aromatic nitrogens is 3. The normalized spacial score (nSPS) is 10.1. The Balaban J connectivity index is 2.45. The smallest absolute Gasteiger partial charge is 0.0812 e. The molecule has 0 saturated carbocycles. The fraction of sp³-hybridized carbons (Fsp3) is 0.111. The second kappa shape index (κ2) is 2.77. The Morgan fingerprint density at radius 1 is 1.50 bits per heavy atom. The summed E-state index contributed by atoms with van der Waals surface area (Å²) in [6.07, 6.45) is 5.44. The van der Waals surface area contributed by atoms with Crippen LogP contribution in [0.1, 0.15) is 0 Å². The van der Waals surface area contributed by atoms with Crippen molar-refractivity contribution in [1.82, 2.24) is 14.8 Å². The Bertz CT molecular complexity index is 364. The van der Waals surface area contributed by atoms with Gasteiger partial charge >= 0.3 is 0 Å². The van der Waals surface area contributed by atoms with Crippen LogP contribution in [0.3, 0.4) is 0 Å². The molecule has 0 aliphatic rings. The molecule has 0 saturated heterocycles. The molecule has 0 bridgehead atoms. The lowest BCUT2D eigenvalue weighted by Gasteiger charge is -1.91. The van der Waals surface area contributed by atoms with Crippen molar-refractivity contribution in [3.8, 4) is 11.3 Å². The molecule has 0 spiro atoms. The first kappa shape index (κ1) is 7.03. The van der Waals surface area contributed by atoms with Gasteiger partial charge in [0.05, 0.1) is 11.9 Å². The molecule has 1 radical (unpaired) electrons. The second-order valence-corrected chi connectivity index (χ2v) is 2.53. The van der Waals surface area contributed by atoms with Crippen LogP contribution in [-0.4, -0.2) is 14.8 Å². The SMILES string of the molecule is Cn1cc(-c2[c]cccn2)cn1. The highest BCUT2D eigenvalue weighted by atomic mass is 15.2. The van der Waals surface area contributed by atoms with E-state index in [1.807, 2.05) is 25.4 Å². The topological polar surface area (TPSA) is 30.7 Å². The first-order chi connectivity index (χ1) is 5.86.